The number of benzene rings is 1. The smallest absolute Gasteiger partial charge is 0.242 e. The van der Waals surface area contributed by atoms with Gasteiger partial charge in [0.1, 0.15) is 11.1 Å². The predicted octanol–water partition coefficient (Wildman–Crippen LogP) is 3.02. The zero-order valence-electron chi connectivity index (χ0n) is 9.37. The van der Waals surface area contributed by atoms with Gasteiger partial charge in [-0.3, -0.25) is 4.79 Å². The lowest BCUT2D eigenvalue weighted by Crippen LogP contribution is -2.28. The van der Waals surface area contributed by atoms with Crippen LogP contribution in [0.1, 0.15) is 23.8 Å². The van der Waals surface area contributed by atoms with E-state index in [9.17, 15) is 4.79 Å². The van der Waals surface area contributed by atoms with Crippen molar-refractivity contribution < 1.29 is 9.53 Å². The molecule has 1 aliphatic rings. The van der Waals surface area contributed by atoms with E-state index in [4.69, 9.17) is 16.3 Å². The van der Waals surface area contributed by atoms with Crippen LogP contribution in [0.25, 0.3) is 0 Å². The summed E-state index contributed by atoms with van der Waals surface area (Å²) < 4.78 is 5.92. The van der Waals surface area contributed by atoms with E-state index in [0.717, 1.165) is 28.6 Å². The number of halogens is 2. The third kappa shape index (κ3) is 3.13. The first kappa shape index (κ1) is 12.7. The third-order valence-corrected chi connectivity index (χ3v) is 3.69. The number of hydrogen-bond acceptors (Lipinski definition) is 2. The summed E-state index contributed by atoms with van der Waals surface area (Å²) in [5, 5.41) is 2.23. The number of rotatable bonds is 4. The van der Waals surface area contributed by atoms with Crippen LogP contribution in [-0.2, 0) is 4.79 Å². The van der Waals surface area contributed by atoms with Gasteiger partial charge in [-0.15, -0.1) is 11.6 Å². The van der Waals surface area contributed by atoms with Gasteiger partial charge in [0, 0.05) is 6.04 Å². The van der Waals surface area contributed by atoms with Crippen LogP contribution in [0.4, 0.5) is 0 Å². The summed E-state index contributed by atoms with van der Waals surface area (Å²) in [5.74, 6) is 0.589. The van der Waals surface area contributed by atoms with E-state index in [-0.39, 0.29) is 5.91 Å². The van der Waals surface area contributed by atoms with Crippen molar-refractivity contribution in [2.75, 3.05) is 7.11 Å². The fraction of sp³-hybridized carbons (Fsp3) is 0.417. The Labute approximate surface area is 114 Å². The number of ether oxygens (including phenoxy) is 1. The molecule has 17 heavy (non-hydrogen) atoms. The Morgan fingerprint density at radius 1 is 1.59 bits per heavy atom. The lowest BCUT2D eigenvalue weighted by molar-refractivity contribution is -0.121. The fourth-order valence-corrected chi connectivity index (χ4v) is 2.25. The van der Waals surface area contributed by atoms with Gasteiger partial charge in [0.15, 0.2) is 0 Å². The van der Waals surface area contributed by atoms with E-state index >= 15 is 0 Å². The van der Waals surface area contributed by atoms with E-state index < -0.39 is 5.38 Å². The van der Waals surface area contributed by atoms with Gasteiger partial charge in [-0.25, -0.2) is 0 Å². The lowest BCUT2D eigenvalue weighted by Gasteiger charge is -2.12. The minimum absolute atomic E-state index is 0.133. The molecule has 2 rings (SSSR count). The Bertz CT molecular complexity index is 435. The van der Waals surface area contributed by atoms with Crippen LogP contribution in [0.15, 0.2) is 22.7 Å². The topological polar surface area (TPSA) is 38.3 Å². The molecular formula is C12H13BrClNO2. The molecule has 0 saturated heterocycles. The average molecular weight is 319 g/mol. The SMILES string of the molecule is COc1ccc(C(Cl)C(=O)NC2CC2)cc1Br. The summed E-state index contributed by atoms with van der Waals surface area (Å²) in [7, 11) is 1.59. The summed E-state index contributed by atoms with van der Waals surface area (Å²) in [6.45, 7) is 0. The molecule has 0 aromatic heterocycles. The predicted molar refractivity (Wildman–Crippen MR) is 70.5 cm³/mol. The Kier molecular flexibility index (Phi) is 3.94. The van der Waals surface area contributed by atoms with Crippen molar-refractivity contribution in [3.8, 4) is 5.75 Å². The number of nitrogens with one attached hydrogen (secondary N) is 1. The van der Waals surface area contributed by atoms with Crippen molar-refractivity contribution in [3.05, 3.63) is 28.2 Å². The summed E-state index contributed by atoms with van der Waals surface area (Å²) >= 11 is 9.49. The number of amides is 1. The van der Waals surface area contributed by atoms with Gasteiger partial charge in [-0.05, 0) is 46.5 Å². The lowest BCUT2D eigenvalue weighted by atomic mass is 10.1. The highest BCUT2D eigenvalue weighted by Gasteiger charge is 2.27. The summed E-state index contributed by atoms with van der Waals surface area (Å²) in [5.41, 5.74) is 0.762. The van der Waals surface area contributed by atoms with Crippen molar-refractivity contribution in [2.45, 2.75) is 24.3 Å². The van der Waals surface area contributed by atoms with Crippen LogP contribution in [-0.4, -0.2) is 19.1 Å². The Balaban J connectivity index is 2.09. The second-order valence-electron chi connectivity index (χ2n) is 4.04. The Morgan fingerprint density at radius 3 is 2.82 bits per heavy atom. The highest BCUT2D eigenvalue weighted by molar-refractivity contribution is 9.10. The van der Waals surface area contributed by atoms with E-state index in [0.29, 0.717) is 6.04 Å². The first-order valence-corrected chi connectivity index (χ1v) is 6.62. The van der Waals surface area contributed by atoms with Crippen LogP contribution in [0.3, 0.4) is 0 Å². The molecule has 0 spiro atoms. The number of alkyl halides is 1. The molecule has 1 amide bonds. The standard InChI is InChI=1S/C12H13BrClNO2/c1-17-10-5-2-7(6-9(10)13)11(14)12(16)15-8-3-4-8/h2,5-6,8,11H,3-4H2,1H3,(H,15,16). The maximum atomic E-state index is 11.8. The van der Waals surface area contributed by atoms with E-state index in [2.05, 4.69) is 21.2 Å². The van der Waals surface area contributed by atoms with Crippen LogP contribution in [0, 0.1) is 0 Å². The van der Waals surface area contributed by atoms with E-state index in [1.807, 2.05) is 6.07 Å². The molecule has 0 heterocycles. The van der Waals surface area contributed by atoms with E-state index in [1.54, 1.807) is 19.2 Å². The van der Waals surface area contributed by atoms with Crippen molar-refractivity contribution in [3.63, 3.8) is 0 Å². The molecule has 1 atom stereocenters. The van der Waals surface area contributed by atoms with Gasteiger partial charge in [-0.2, -0.15) is 0 Å². The molecule has 1 aliphatic carbocycles. The first-order chi connectivity index (χ1) is 8.11. The molecule has 92 valence electrons. The van der Waals surface area contributed by atoms with Gasteiger partial charge < -0.3 is 10.1 Å². The molecule has 1 aromatic carbocycles. The van der Waals surface area contributed by atoms with Crippen LogP contribution >= 0.6 is 27.5 Å². The molecule has 0 radical (unpaired) electrons. The molecule has 1 fully saturated rings. The third-order valence-electron chi connectivity index (χ3n) is 2.62. The zero-order chi connectivity index (χ0) is 12.4. The highest BCUT2D eigenvalue weighted by atomic mass is 79.9. The number of hydrogen-bond donors (Lipinski definition) is 1. The largest absolute Gasteiger partial charge is 0.496 e. The summed E-state index contributed by atoms with van der Waals surface area (Å²) in [4.78, 5) is 11.8. The second-order valence-corrected chi connectivity index (χ2v) is 5.33. The molecule has 1 N–H and O–H groups in total. The van der Waals surface area contributed by atoms with Crippen LogP contribution < -0.4 is 10.1 Å². The Morgan fingerprint density at radius 2 is 2.29 bits per heavy atom. The monoisotopic (exact) mass is 317 g/mol. The van der Waals surface area contributed by atoms with Gasteiger partial charge in [0.05, 0.1) is 11.6 Å². The molecule has 1 unspecified atom stereocenters. The van der Waals surface area contributed by atoms with Gasteiger partial charge >= 0.3 is 0 Å². The van der Waals surface area contributed by atoms with Gasteiger partial charge in [0.2, 0.25) is 5.91 Å². The van der Waals surface area contributed by atoms with Crippen molar-refractivity contribution in [2.24, 2.45) is 0 Å². The fourth-order valence-electron chi connectivity index (χ4n) is 1.49. The molecule has 0 bridgehead atoms. The van der Waals surface area contributed by atoms with Gasteiger partial charge in [0.25, 0.3) is 0 Å². The molecule has 5 heteroatoms. The van der Waals surface area contributed by atoms with Crippen molar-refractivity contribution in [1.29, 1.82) is 0 Å². The minimum atomic E-state index is -0.655. The van der Waals surface area contributed by atoms with Crippen LogP contribution in [0.2, 0.25) is 0 Å². The highest BCUT2D eigenvalue weighted by Crippen LogP contribution is 2.31. The summed E-state index contributed by atoms with van der Waals surface area (Å²) in [6, 6.07) is 5.72. The second kappa shape index (κ2) is 5.27. The minimum Gasteiger partial charge on any atom is -0.496 e. The molecule has 1 saturated carbocycles. The normalized spacial score (nSPS) is 16.4. The number of carbonyl (C=O) groups is 1. The molecule has 3 nitrogen and oxygen atoms in total. The molecular weight excluding hydrogens is 305 g/mol. The Hall–Kier alpha value is -0.740. The quantitative estimate of drug-likeness (QED) is 0.867. The number of carbonyl (C=O) groups excluding carboxylic acids is 1. The number of methoxy groups -OCH3 is 1. The molecule has 0 aliphatic heterocycles. The zero-order valence-corrected chi connectivity index (χ0v) is 11.7. The summed E-state index contributed by atoms with van der Waals surface area (Å²) in [6.07, 6.45) is 2.11. The van der Waals surface area contributed by atoms with Crippen molar-refractivity contribution >= 4 is 33.4 Å². The maximum Gasteiger partial charge on any atom is 0.242 e. The van der Waals surface area contributed by atoms with Gasteiger partial charge in [-0.1, -0.05) is 6.07 Å². The van der Waals surface area contributed by atoms with Crippen molar-refractivity contribution in [1.82, 2.24) is 5.32 Å². The van der Waals surface area contributed by atoms with E-state index in [1.165, 1.54) is 0 Å². The first-order valence-electron chi connectivity index (χ1n) is 5.39. The van der Waals surface area contributed by atoms with Crippen LogP contribution in [0.5, 0.6) is 5.75 Å². The maximum absolute atomic E-state index is 11.8. The average Bonchev–Trinajstić information content (AvgIpc) is 3.11. The molecule has 1 aromatic rings.